The Bertz CT molecular complexity index is 453. The molecule has 2 rings (SSSR count). The number of hydrogen-bond donors (Lipinski definition) is 1. The van der Waals surface area contributed by atoms with Gasteiger partial charge in [0.1, 0.15) is 5.82 Å². The number of carbonyl (C=O) groups is 2. The zero-order valence-corrected chi connectivity index (χ0v) is 10.7. The molecule has 1 N–H and O–H groups in total. The van der Waals surface area contributed by atoms with Crippen molar-refractivity contribution in [2.45, 2.75) is 12.8 Å². The standard InChI is InChI=1S/C14H17FN2O2/c15-12-3-1-11(2-4-12)13(18)5-6-14(19)17-9-7-16-8-10-17/h1-4,16H,5-10H2. The third-order valence-electron chi connectivity index (χ3n) is 3.20. The van der Waals surface area contributed by atoms with Gasteiger partial charge in [0.2, 0.25) is 5.91 Å². The fourth-order valence-electron chi connectivity index (χ4n) is 2.07. The Morgan fingerprint density at radius 1 is 1.11 bits per heavy atom. The molecule has 0 unspecified atom stereocenters. The van der Waals surface area contributed by atoms with Crippen LogP contribution in [0.5, 0.6) is 0 Å². The quantitative estimate of drug-likeness (QED) is 0.832. The van der Waals surface area contributed by atoms with Gasteiger partial charge in [-0.25, -0.2) is 4.39 Å². The molecule has 0 aliphatic carbocycles. The van der Waals surface area contributed by atoms with Crippen LogP contribution in [-0.4, -0.2) is 42.8 Å². The van der Waals surface area contributed by atoms with Crippen LogP contribution in [-0.2, 0) is 4.79 Å². The summed E-state index contributed by atoms with van der Waals surface area (Å²) in [7, 11) is 0. The maximum Gasteiger partial charge on any atom is 0.223 e. The zero-order chi connectivity index (χ0) is 13.7. The lowest BCUT2D eigenvalue weighted by Gasteiger charge is -2.27. The fraction of sp³-hybridized carbons (Fsp3) is 0.429. The van der Waals surface area contributed by atoms with Crippen molar-refractivity contribution in [2.24, 2.45) is 0 Å². The minimum atomic E-state index is -0.367. The summed E-state index contributed by atoms with van der Waals surface area (Å²) >= 11 is 0. The molecule has 0 bridgehead atoms. The Kier molecular flexibility index (Phi) is 4.63. The summed E-state index contributed by atoms with van der Waals surface area (Å²) in [5.74, 6) is -0.478. The van der Waals surface area contributed by atoms with Crippen molar-refractivity contribution in [1.29, 1.82) is 0 Å². The van der Waals surface area contributed by atoms with E-state index in [2.05, 4.69) is 5.32 Å². The Labute approximate surface area is 111 Å². The second kappa shape index (κ2) is 6.43. The number of amides is 1. The molecule has 1 aromatic rings. The van der Waals surface area contributed by atoms with Gasteiger partial charge < -0.3 is 10.2 Å². The van der Waals surface area contributed by atoms with Crippen LogP contribution in [0, 0.1) is 5.82 Å². The van der Waals surface area contributed by atoms with Gasteiger partial charge in [-0.15, -0.1) is 0 Å². The van der Waals surface area contributed by atoms with Gasteiger partial charge in [0.15, 0.2) is 5.78 Å². The molecule has 1 fully saturated rings. The minimum Gasteiger partial charge on any atom is -0.340 e. The van der Waals surface area contributed by atoms with Crippen LogP contribution in [0.1, 0.15) is 23.2 Å². The molecular formula is C14H17FN2O2. The molecule has 0 radical (unpaired) electrons. The van der Waals surface area contributed by atoms with Crippen LogP contribution in [0.4, 0.5) is 4.39 Å². The molecule has 1 aliphatic rings. The van der Waals surface area contributed by atoms with E-state index < -0.39 is 0 Å². The highest BCUT2D eigenvalue weighted by Crippen LogP contribution is 2.09. The molecule has 1 saturated heterocycles. The van der Waals surface area contributed by atoms with E-state index in [1.54, 1.807) is 4.90 Å². The van der Waals surface area contributed by atoms with Crippen LogP contribution in [0.3, 0.4) is 0 Å². The molecule has 19 heavy (non-hydrogen) atoms. The van der Waals surface area contributed by atoms with E-state index in [1.807, 2.05) is 0 Å². The van der Waals surface area contributed by atoms with Gasteiger partial charge in [0, 0.05) is 44.6 Å². The lowest BCUT2D eigenvalue weighted by atomic mass is 10.1. The number of nitrogens with one attached hydrogen (secondary N) is 1. The normalized spacial score (nSPS) is 15.3. The maximum atomic E-state index is 12.7. The Hall–Kier alpha value is -1.75. The number of rotatable bonds is 4. The van der Waals surface area contributed by atoms with Crippen LogP contribution in [0.2, 0.25) is 0 Å². The number of piperazine rings is 1. The van der Waals surface area contributed by atoms with Crippen molar-refractivity contribution in [3.63, 3.8) is 0 Å². The highest BCUT2D eigenvalue weighted by Gasteiger charge is 2.17. The molecule has 0 saturated carbocycles. The van der Waals surface area contributed by atoms with Gasteiger partial charge in [-0.05, 0) is 24.3 Å². The topological polar surface area (TPSA) is 49.4 Å². The summed E-state index contributed by atoms with van der Waals surface area (Å²) in [6.07, 6.45) is 0.393. The third-order valence-corrected chi connectivity index (χ3v) is 3.20. The first-order valence-corrected chi connectivity index (χ1v) is 6.44. The van der Waals surface area contributed by atoms with Crippen molar-refractivity contribution in [3.8, 4) is 0 Å². The number of benzene rings is 1. The van der Waals surface area contributed by atoms with Crippen molar-refractivity contribution in [1.82, 2.24) is 10.2 Å². The first-order valence-electron chi connectivity index (χ1n) is 6.44. The SMILES string of the molecule is O=C(CCC(=O)N1CCNCC1)c1ccc(F)cc1. The van der Waals surface area contributed by atoms with Gasteiger partial charge in [-0.3, -0.25) is 9.59 Å². The number of ketones is 1. The van der Waals surface area contributed by atoms with E-state index in [0.717, 1.165) is 13.1 Å². The highest BCUT2D eigenvalue weighted by molar-refractivity contribution is 5.97. The van der Waals surface area contributed by atoms with Crippen molar-refractivity contribution in [2.75, 3.05) is 26.2 Å². The molecular weight excluding hydrogens is 247 g/mol. The molecule has 0 atom stereocenters. The predicted molar refractivity (Wildman–Crippen MR) is 69.4 cm³/mol. The number of hydrogen-bond acceptors (Lipinski definition) is 3. The van der Waals surface area contributed by atoms with Gasteiger partial charge >= 0.3 is 0 Å². The lowest BCUT2D eigenvalue weighted by molar-refractivity contribution is -0.131. The summed E-state index contributed by atoms with van der Waals surface area (Å²) in [5.41, 5.74) is 0.453. The highest BCUT2D eigenvalue weighted by atomic mass is 19.1. The monoisotopic (exact) mass is 264 g/mol. The van der Waals surface area contributed by atoms with Crippen molar-refractivity contribution >= 4 is 11.7 Å². The fourth-order valence-corrected chi connectivity index (χ4v) is 2.07. The number of nitrogens with zero attached hydrogens (tertiary/aromatic N) is 1. The smallest absolute Gasteiger partial charge is 0.223 e. The van der Waals surface area contributed by atoms with E-state index in [0.29, 0.717) is 18.7 Å². The van der Waals surface area contributed by atoms with E-state index in [1.165, 1.54) is 24.3 Å². The summed E-state index contributed by atoms with van der Waals surface area (Å²) in [5, 5.41) is 3.17. The first kappa shape index (κ1) is 13.7. The first-order chi connectivity index (χ1) is 9.16. The number of carbonyl (C=O) groups excluding carboxylic acids is 2. The minimum absolute atomic E-state index is 0.0111. The van der Waals surface area contributed by atoms with E-state index in [4.69, 9.17) is 0 Å². The Morgan fingerprint density at radius 3 is 2.37 bits per heavy atom. The van der Waals surface area contributed by atoms with Crippen LogP contribution in [0.15, 0.2) is 24.3 Å². The summed E-state index contributed by atoms with van der Waals surface area (Å²) in [6, 6.07) is 5.41. The summed E-state index contributed by atoms with van der Waals surface area (Å²) < 4.78 is 12.7. The van der Waals surface area contributed by atoms with Gasteiger partial charge in [-0.2, -0.15) is 0 Å². The summed E-state index contributed by atoms with van der Waals surface area (Å²) in [4.78, 5) is 25.5. The van der Waals surface area contributed by atoms with E-state index >= 15 is 0 Å². The third kappa shape index (κ3) is 3.86. The van der Waals surface area contributed by atoms with Gasteiger partial charge in [0.05, 0.1) is 0 Å². The number of Topliss-reactive ketones (excluding diaryl/α,β-unsaturated/α-hetero) is 1. The molecule has 1 aromatic carbocycles. The van der Waals surface area contributed by atoms with Crippen molar-refractivity contribution < 1.29 is 14.0 Å². The molecule has 1 heterocycles. The van der Waals surface area contributed by atoms with Gasteiger partial charge in [0.25, 0.3) is 0 Å². The molecule has 102 valence electrons. The second-order valence-electron chi connectivity index (χ2n) is 4.56. The average molecular weight is 264 g/mol. The largest absolute Gasteiger partial charge is 0.340 e. The van der Waals surface area contributed by atoms with Crippen LogP contribution >= 0.6 is 0 Å². The molecule has 0 aromatic heterocycles. The predicted octanol–water partition coefficient (Wildman–Crippen LogP) is 1.22. The van der Waals surface area contributed by atoms with Crippen LogP contribution in [0.25, 0.3) is 0 Å². The molecule has 5 heteroatoms. The van der Waals surface area contributed by atoms with Gasteiger partial charge in [-0.1, -0.05) is 0 Å². The summed E-state index contributed by atoms with van der Waals surface area (Å²) in [6.45, 7) is 3.00. The Morgan fingerprint density at radius 2 is 1.74 bits per heavy atom. The molecule has 4 nitrogen and oxygen atoms in total. The molecule has 0 spiro atoms. The van der Waals surface area contributed by atoms with E-state index in [9.17, 15) is 14.0 Å². The molecule has 1 amide bonds. The van der Waals surface area contributed by atoms with Crippen LogP contribution < -0.4 is 5.32 Å². The number of halogens is 1. The Balaban J connectivity index is 1.82. The van der Waals surface area contributed by atoms with E-state index in [-0.39, 0.29) is 30.3 Å². The lowest BCUT2D eigenvalue weighted by Crippen LogP contribution is -2.46. The maximum absolute atomic E-state index is 12.7. The zero-order valence-electron chi connectivity index (χ0n) is 10.7. The van der Waals surface area contributed by atoms with Crippen molar-refractivity contribution in [3.05, 3.63) is 35.6 Å². The molecule has 1 aliphatic heterocycles. The second-order valence-corrected chi connectivity index (χ2v) is 4.56. The average Bonchev–Trinajstić information content (AvgIpc) is 2.46.